The predicted molar refractivity (Wildman–Crippen MR) is 66.3 cm³/mol. The maximum Gasteiger partial charge on any atom is 0.344 e. The summed E-state index contributed by atoms with van der Waals surface area (Å²) in [5.74, 6) is 0.353. The maximum absolute atomic E-state index is 11.8. The fraction of sp³-hybridized carbons (Fsp3) is 0.200. The van der Waals surface area contributed by atoms with Crippen LogP contribution in [0.5, 0.6) is 0 Å². The molecule has 0 bridgehead atoms. The van der Waals surface area contributed by atoms with Gasteiger partial charge in [-0.1, -0.05) is 15.9 Å². The molecule has 0 unspecified atom stereocenters. The SMILES string of the molecule is CN(C)C(=O)n1nc(N)c2cc(Br)ccc21. The summed E-state index contributed by atoms with van der Waals surface area (Å²) in [5.41, 5.74) is 6.47. The van der Waals surface area contributed by atoms with Gasteiger partial charge in [-0.3, -0.25) is 0 Å². The van der Waals surface area contributed by atoms with Crippen molar-refractivity contribution >= 4 is 38.7 Å². The lowest BCUT2D eigenvalue weighted by Crippen LogP contribution is -2.28. The van der Waals surface area contributed by atoms with Crippen molar-refractivity contribution in [3.05, 3.63) is 22.7 Å². The molecule has 2 rings (SSSR count). The van der Waals surface area contributed by atoms with Crippen molar-refractivity contribution in [1.29, 1.82) is 0 Å². The Balaban J connectivity index is 2.69. The summed E-state index contributed by atoms with van der Waals surface area (Å²) in [6.07, 6.45) is 0. The number of benzene rings is 1. The summed E-state index contributed by atoms with van der Waals surface area (Å²) >= 11 is 3.35. The van der Waals surface area contributed by atoms with E-state index in [1.54, 1.807) is 14.1 Å². The van der Waals surface area contributed by atoms with Crippen LogP contribution in [-0.4, -0.2) is 34.8 Å². The average Bonchev–Trinajstić information content (AvgIpc) is 2.55. The molecule has 5 nitrogen and oxygen atoms in total. The minimum Gasteiger partial charge on any atom is -0.382 e. The summed E-state index contributed by atoms with van der Waals surface area (Å²) in [6, 6.07) is 5.29. The van der Waals surface area contributed by atoms with Gasteiger partial charge in [-0.05, 0) is 18.2 Å². The molecule has 16 heavy (non-hydrogen) atoms. The molecule has 1 amide bonds. The summed E-state index contributed by atoms with van der Waals surface area (Å²) in [5, 5.41) is 4.80. The van der Waals surface area contributed by atoms with E-state index in [0.717, 1.165) is 9.86 Å². The smallest absolute Gasteiger partial charge is 0.344 e. The zero-order valence-corrected chi connectivity index (χ0v) is 10.5. The topological polar surface area (TPSA) is 64.2 Å². The minimum atomic E-state index is -0.218. The molecule has 1 aromatic heterocycles. The molecular formula is C10H11BrN4O. The fourth-order valence-corrected chi connectivity index (χ4v) is 1.81. The van der Waals surface area contributed by atoms with Crippen LogP contribution in [0.1, 0.15) is 0 Å². The van der Waals surface area contributed by atoms with Crippen LogP contribution in [0.2, 0.25) is 0 Å². The van der Waals surface area contributed by atoms with Crippen molar-refractivity contribution in [2.75, 3.05) is 19.8 Å². The third kappa shape index (κ3) is 1.65. The van der Waals surface area contributed by atoms with Crippen molar-refractivity contribution in [2.24, 2.45) is 0 Å². The largest absolute Gasteiger partial charge is 0.382 e. The second-order valence-corrected chi connectivity index (χ2v) is 4.55. The van der Waals surface area contributed by atoms with Gasteiger partial charge in [0, 0.05) is 24.0 Å². The summed E-state index contributed by atoms with van der Waals surface area (Å²) in [6.45, 7) is 0. The molecule has 0 aliphatic rings. The van der Waals surface area contributed by atoms with E-state index in [1.807, 2.05) is 18.2 Å². The third-order valence-corrected chi connectivity index (χ3v) is 2.73. The number of hydrogen-bond acceptors (Lipinski definition) is 3. The van der Waals surface area contributed by atoms with Crippen molar-refractivity contribution in [2.45, 2.75) is 0 Å². The average molecular weight is 283 g/mol. The van der Waals surface area contributed by atoms with Gasteiger partial charge in [0.1, 0.15) is 0 Å². The Morgan fingerprint density at radius 3 is 2.81 bits per heavy atom. The zero-order chi connectivity index (χ0) is 11.9. The molecule has 0 radical (unpaired) electrons. The quantitative estimate of drug-likeness (QED) is 0.803. The van der Waals surface area contributed by atoms with Crippen molar-refractivity contribution in [3.63, 3.8) is 0 Å². The van der Waals surface area contributed by atoms with Gasteiger partial charge in [-0.25, -0.2) is 4.79 Å². The highest BCUT2D eigenvalue weighted by Crippen LogP contribution is 2.24. The number of carbonyl (C=O) groups is 1. The van der Waals surface area contributed by atoms with E-state index >= 15 is 0 Å². The van der Waals surface area contributed by atoms with E-state index in [-0.39, 0.29) is 6.03 Å². The first-order valence-electron chi connectivity index (χ1n) is 4.66. The standard InChI is InChI=1S/C10H11BrN4O/c1-14(2)10(16)15-8-4-3-6(11)5-7(8)9(12)13-15/h3-5H,1-2H3,(H2,12,13). The second-order valence-electron chi connectivity index (χ2n) is 3.64. The highest BCUT2D eigenvalue weighted by molar-refractivity contribution is 9.10. The molecule has 2 N–H and O–H groups in total. The lowest BCUT2D eigenvalue weighted by atomic mass is 10.2. The van der Waals surface area contributed by atoms with Crippen LogP contribution in [0.25, 0.3) is 10.9 Å². The van der Waals surface area contributed by atoms with Crippen molar-refractivity contribution < 1.29 is 4.79 Å². The summed E-state index contributed by atoms with van der Waals surface area (Å²) in [7, 11) is 3.34. The van der Waals surface area contributed by atoms with E-state index in [0.29, 0.717) is 11.3 Å². The molecule has 0 saturated carbocycles. The predicted octanol–water partition coefficient (Wildman–Crippen LogP) is 1.91. The second kappa shape index (κ2) is 3.79. The van der Waals surface area contributed by atoms with Crippen LogP contribution in [0.3, 0.4) is 0 Å². The third-order valence-electron chi connectivity index (χ3n) is 2.23. The Hall–Kier alpha value is -1.56. The van der Waals surface area contributed by atoms with Gasteiger partial charge in [0.15, 0.2) is 5.82 Å². The highest BCUT2D eigenvalue weighted by Gasteiger charge is 2.15. The number of halogens is 1. The number of amides is 1. The van der Waals surface area contributed by atoms with Gasteiger partial charge in [-0.15, -0.1) is 5.10 Å². The first kappa shape index (κ1) is 10.9. The van der Waals surface area contributed by atoms with Gasteiger partial charge >= 0.3 is 6.03 Å². The lowest BCUT2D eigenvalue weighted by Gasteiger charge is -2.09. The molecular weight excluding hydrogens is 272 g/mol. The maximum atomic E-state index is 11.8. The van der Waals surface area contributed by atoms with Crippen molar-refractivity contribution in [1.82, 2.24) is 14.7 Å². The Bertz CT molecular complexity index is 561. The zero-order valence-electron chi connectivity index (χ0n) is 8.94. The van der Waals surface area contributed by atoms with Gasteiger partial charge in [0.25, 0.3) is 0 Å². The minimum absolute atomic E-state index is 0.218. The first-order valence-corrected chi connectivity index (χ1v) is 5.45. The molecule has 1 heterocycles. The van der Waals surface area contributed by atoms with Crippen LogP contribution >= 0.6 is 15.9 Å². The molecule has 0 saturated heterocycles. The fourth-order valence-electron chi connectivity index (χ4n) is 1.45. The van der Waals surface area contributed by atoms with Crippen LogP contribution in [-0.2, 0) is 0 Å². The number of hydrogen-bond donors (Lipinski definition) is 1. The molecule has 1 aromatic carbocycles. The van der Waals surface area contributed by atoms with Gasteiger partial charge in [0.2, 0.25) is 0 Å². The molecule has 0 aliphatic heterocycles. The summed E-state index contributed by atoms with van der Waals surface area (Å²) in [4.78, 5) is 13.3. The number of anilines is 1. The van der Waals surface area contributed by atoms with E-state index < -0.39 is 0 Å². The Kier molecular flexibility index (Phi) is 2.59. The number of nitrogen functional groups attached to an aromatic ring is 1. The number of carbonyl (C=O) groups excluding carboxylic acids is 1. The summed E-state index contributed by atoms with van der Waals surface area (Å²) < 4.78 is 2.21. The van der Waals surface area contributed by atoms with E-state index in [9.17, 15) is 4.79 Å². The van der Waals surface area contributed by atoms with Gasteiger partial charge in [0.05, 0.1) is 5.52 Å². The number of nitrogens with two attached hydrogens (primary N) is 1. The normalized spacial score (nSPS) is 10.7. The molecule has 84 valence electrons. The van der Waals surface area contributed by atoms with Gasteiger partial charge in [-0.2, -0.15) is 4.68 Å². The Morgan fingerprint density at radius 2 is 2.19 bits per heavy atom. The number of nitrogens with zero attached hydrogens (tertiary/aromatic N) is 3. The Labute approximate surface area is 101 Å². The monoisotopic (exact) mass is 282 g/mol. The molecule has 2 aromatic rings. The molecule has 0 aliphatic carbocycles. The van der Waals surface area contributed by atoms with Crippen LogP contribution in [0.4, 0.5) is 10.6 Å². The number of aromatic nitrogens is 2. The molecule has 6 heteroatoms. The molecule has 0 fully saturated rings. The van der Waals surface area contributed by atoms with Gasteiger partial charge < -0.3 is 10.6 Å². The highest BCUT2D eigenvalue weighted by atomic mass is 79.9. The number of fused-ring (bicyclic) bond motifs is 1. The number of rotatable bonds is 0. The lowest BCUT2D eigenvalue weighted by molar-refractivity contribution is 0.217. The van der Waals surface area contributed by atoms with E-state index in [2.05, 4.69) is 21.0 Å². The first-order chi connectivity index (χ1) is 7.50. The van der Waals surface area contributed by atoms with Crippen molar-refractivity contribution in [3.8, 4) is 0 Å². The molecule has 0 spiro atoms. The van der Waals surface area contributed by atoms with E-state index in [4.69, 9.17) is 5.73 Å². The Morgan fingerprint density at radius 1 is 1.50 bits per heavy atom. The van der Waals surface area contributed by atoms with E-state index in [1.165, 1.54) is 9.58 Å². The van der Waals surface area contributed by atoms with Crippen LogP contribution < -0.4 is 5.73 Å². The van der Waals surface area contributed by atoms with Crippen LogP contribution in [0, 0.1) is 0 Å². The van der Waals surface area contributed by atoms with Crippen LogP contribution in [0.15, 0.2) is 22.7 Å². The molecule has 0 atom stereocenters.